The highest BCUT2D eigenvalue weighted by atomic mass is 79.9. The minimum absolute atomic E-state index is 0.0658. The van der Waals surface area contributed by atoms with Gasteiger partial charge in [0.2, 0.25) is 17.7 Å². The molecule has 0 aliphatic carbocycles. The first-order valence-electron chi connectivity index (χ1n) is 8.16. The molecule has 2 aromatic rings. The molecule has 1 aliphatic heterocycles. The number of fused-ring (bicyclic) bond motifs is 1. The van der Waals surface area contributed by atoms with E-state index >= 15 is 0 Å². The van der Waals surface area contributed by atoms with E-state index in [-0.39, 0.29) is 30.7 Å². The van der Waals surface area contributed by atoms with Crippen LogP contribution in [0.3, 0.4) is 0 Å². The highest BCUT2D eigenvalue weighted by Gasteiger charge is 2.30. The maximum atomic E-state index is 12.5. The zero-order valence-electron chi connectivity index (χ0n) is 14.1. The van der Waals surface area contributed by atoms with Gasteiger partial charge in [0.15, 0.2) is 0 Å². The Morgan fingerprint density at radius 3 is 2.77 bits per heavy atom. The zero-order chi connectivity index (χ0) is 18.7. The summed E-state index contributed by atoms with van der Waals surface area (Å²) in [6, 6.07) is 12.7. The Morgan fingerprint density at radius 1 is 1.23 bits per heavy atom. The number of nitrogens with one attached hydrogen (secondary N) is 3. The Bertz CT molecular complexity index is 882. The molecule has 0 radical (unpaired) electrons. The Labute approximate surface area is 159 Å². The summed E-state index contributed by atoms with van der Waals surface area (Å²) in [5.74, 6) is -1.46. The van der Waals surface area contributed by atoms with E-state index in [0.29, 0.717) is 11.4 Å². The van der Waals surface area contributed by atoms with Crippen LogP contribution in [0.25, 0.3) is 0 Å². The fourth-order valence-electron chi connectivity index (χ4n) is 2.90. The van der Waals surface area contributed by atoms with Gasteiger partial charge in [-0.3, -0.25) is 14.4 Å². The number of carbonyl (C=O) groups excluding carboxylic acids is 3. The molecule has 2 aromatic carbocycles. The van der Waals surface area contributed by atoms with Crippen molar-refractivity contribution in [3.8, 4) is 0 Å². The van der Waals surface area contributed by atoms with E-state index in [0.717, 1.165) is 15.6 Å². The first-order chi connectivity index (χ1) is 12.4. The van der Waals surface area contributed by atoms with Gasteiger partial charge in [0, 0.05) is 22.3 Å². The fraction of sp³-hybridized carbons (Fsp3) is 0.211. The lowest BCUT2D eigenvalue weighted by atomic mass is 9.90. The molecule has 1 heterocycles. The van der Waals surface area contributed by atoms with E-state index in [2.05, 4.69) is 31.9 Å². The Morgan fingerprint density at radius 2 is 2.00 bits per heavy atom. The van der Waals surface area contributed by atoms with Crippen LogP contribution in [-0.2, 0) is 14.4 Å². The zero-order valence-corrected chi connectivity index (χ0v) is 15.7. The van der Waals surface area contributed by atoms with E-state index in [9.17, 15) is 14.4 Å². The number of rotatable bonds is 4. The van der Waals surface area contributed by atoms with Crippen LogP contribution in [0.5, 0.6) is 0 Å². The Kier molecular flexibility index (Phi) is 5.37. The van der Waals surface area contributed by atoms with Crippen molar-refractivity contribution in [2.75, 3.05) is 17.2 Å². The molecule has 0 saturated carbocycles. The van der Waals surface area contributed by atoms with Crippen molar-refractivity contribution in [1.82, 2.24) is 5.32 Å². The van der Waals surface area contributed by atoms with Crippen LogP contribution in [0.1, 0.15) is 23.5 Å². The average molecular weight is 416 g/mol. The Hall–Kier alpha value is -2.67. The monoisotopic (exact) mass is 415 g/mol. The van der Waals surface area contributed by atoms with Gasteiger partial charge in [0.1, 0.15) is 0 Å². The quantitative estimate of drug-likeness (QED) is 0.717. The van der Waals surface area contributed by atoms with Gasteiger partial charge in [-0.15, -0.1) is 0 Å². The van der Waals surface area contributed by atoms with Gasteiger partial charge in [-0.1, -0.05) is 34.1 Å². The smallest absolute Gasteiger partial charge is 0.243 e. The van der Waals surface area contributed by atoms with Crippen LogP contribution in [0.2, 0.25) is 0 Å². The lowest BCUT2D eigenvalue weighted by Gasteiger charge is -2.24. The molecule has 1 aliphatic rings. The topological polar surface area (TPSA) is 87.3 Å². The molecule has 0 saturated heterocycles. The van der Waals surface area contributed by atoms with E-state index in [4.69, 9.17) is 0 Å². The largest absolute Gasteiger partial charge is 0.346 e. The molecule has 3 amide bonds. The number of hydrogen-bond acceptors (Lipinski definition) is 3. The summed E-state index contributed by atoms with van der Waals surface area (Å²) in [6.45, 7) is 1.73. The molecule has 134 valence electrons. The summed E-state index contributed by atoms with van der Waals surface area (Å²) < 4.78 is 0.926. The third kappa shape index (κ3) is 4.11. The summed E-state index contributed by atoms with van der Waals surface area (Å²) in [5, 5.41) is 8.15. The molecule has 0 fully saturated rings. The number of benzene rings is 2. The van der Waals surface area contributed by atoms with E-state index in [1.165, 1.54) is 0 Å². The van der Waals surface area contributed by atoms with Gasteiger partial charge >= 0.3 is 0 Å². The van der Waals surface area contributed by atoms with Gasteiger partial charge in [-0.2, -0.15) is 0 Å². The summed E-state index contributed by atoms with van der Waals surface area (Å²) in [4.78, 5) is 36.4. The van der Waals surface area contributed by atoms with Gasteiger partial charge in [0.25, 0.3) is 0 Å². The molecular formula is C19H18BrN3O3. The van der Waals surface area contributed by atoms with Crippen molar-refractivity contribution in [2.45, 2.75) is 19.3 Å². The molecular weight excluding hydrogens is 398 g/mol. The normalized spacial score (nSPS) is 15.6. The standard InChI is InChI=1S/C19H18BrN3O3/c1-11-8-12(20)6-7-15(11)22-18(25)10-21-19(26)14-9-17(24)23-16-5-3-2-4-13(14)16/h2-8,14H,9-10H2,1H3,(H,21,26)(H,22,25)(H,23,24). The first kappa shape index (κ1) is 18.1. The molecule has 7 heteroatoms. The predicted molar refractivity (Wildman–Crippen MR) is 103 cm³/mol. The SMILES string of the molecule is Cc1cc(Br)ccc1NC(=O)CNC(=O)C1CC(=O)Nc2ccccc21. The first-order valence-corrected chi connectivity index (χ1v) is 8.96. The number of anilines is 2. The van der Waals surface area contributed by atoms with E-state index in [1.807, 2.05) is 31.2 Å². The summed E-state index contributed by atoms with van der Waals surface area (Å²) in [7, 11) is 0. The second-order valence-corrected chi connectivity index (χ2v) is 7.03. The van der Waals surface area contributed by atoms with Gasteiger partial charge in [0.05, 0.1) is 12.5 Å². The molecule has 3 N–H and O–H groups in total. The van der Waals surface area contributed by atoms with Crippen molar-refractivity contribution in [1.29, 1.82) is 0 Å². The van der Waals surface area contributed by atoms with Crippen LogP contribution >= 0.6 is 15.9 Å². The summed E-state index contributed by atoms with van der Waals surface area (Å²) in [6.07, 6.45) is 0.0658. The van der Waals surface area contributed by atoms with Gasteiger partial charge in [-0.25, -0.2) is 0 Å². The van der Waals surface area contributed by atoms with Gasteiger partial charge in [-0.05, 0) is 42.3 Å². The van der Waals surface area contributed by atoms with Crippen molar-refractivity contribution < 1.29 is 14.4 Å². The number of amides is 3. The molecule has 6 nitrogen and oxygen atoms in total. The van der Waals surface area contributed by atoms with Crippen molar-refractivity contribution in [3.05, 3.63) is 58.1 Å². The number of halogens is 1. The van der Waals surface area contributed by atoms with Crippen LogP contribution in [0.15, 0.2) is 46.9 Å². The van der Waals surface area contributed by atoms with Crippen LogP contribution in [-0.4, -0.2) is 24.3 Å². The Balaban J connectivity index is 1.62. The predicted octanol–water partition coefficient (Wildman–Crippen LogP) is 2.94. The number of aryl methyl sites for hydroxylation is 1. The molecule has 0 bridgehead atoms. The summed E-state index contributed by atoms with van der Waals surface area (Å²) >= 11 is 3.37. The fourth-order valence-corrected chi connectivity index (χ4v) is 3.37. The second kappa shape index (κ2) is 7.70. The summed E-state index contributed by atoms with van der Waals surface area (Å²) in [5.41, 5.74) is 3.00. The molecule has 1 unspecified atom stereocenters. The molecule has 0 spiro atoms. The second-order valence-electron chi connectivity index (χ2n) is 6.12. The van der Waals surface area contributed by atoms with Crippen molar-refractivity contribution in [3.63, 3.8) is 0 Å². The average Bonchev–Trinajstić information content (AvgIpc) is 2.61. The lowest BCUT2D eigenvalue weighted by molar-refractivity contribution is -0.127. The van der Waals surface area contributed by atoms with Gasteiger partial charge < -0.3 is 16.0 Å². The third-order valence-electron chi connectivity index (χ3n) is 4.20. The lowest BCUT2D eigenvalue weighted by Crippen LogP contribution is -2.38. The number of hydrogen-bond donors (Lipinski definition) is 3. The highest BCUT2D eigenvalue weighted by molar-refractivity contribution is 9.10. The van der Waals surface area contributed by atoms with E-state index < -0.39 is 5.92 Å². The third-order valence-corrected chi connectivity index (χ3v) is 4.70. The van der Waals surface area contributed by atoms with Crippen molar-refractivity contribution in [2.24, 2.45) is 0 Å². The minimum atomic E-state index is -0.595. The molecule has 1 atom stereocenters. The molecule has 3 rings (SSSR count). The van der Waals surface area contributed by atoms with Crippen LogP contribution in [0, 0.1) is 6.92 Å². The highest BCUT2D eigenvalue weighted by Crippen LogP contribution is 2.31. The van der Waals surface area contributed by atoms with E-state index in [1.54, 1.807) is 18.2 Å². The minimum Gasteiger partial charge on any atom is -0.346 e. The maximum Gasteiger partial charge on any atom is 0.243 e. The maximum absolute atomic E-state index is 12.5. The van der Waals surface area contributed by atoms with Crippen LogP contribution < -0.4 is 16.0 Å². The molecule has 0 aromatic heterocycles. The van der Waals surface area contributed by atoms with Crippen molar-refractivity contribution >= 4 is 45.0 Å². The van der Waals surface area contributed by atoms with Crippen LogP contribution in [0.4, 0.5) is 11.4 Å². The number of para-hydroxylation sites is 1. The number of carbonyl (C=O) groups is 3. The molecule has 26 heavy (non-hydrogen) atoms.